The van der Waals surface area contributed by atoms with E-state index in [0.717, 1.165) is 16.2 Å². The lowest BCUT2D eigenvalue weighted by Crippen LogP contribution is -1.94. The molecule has 0 aliphatic heterocycles. The molecule has 0 saturated heterocycles. The number of nitrogens with two attached hydrogens (primary N) is 1. The molecule has 5 heteroatoms. The van der Waals surface area contributed by atoms with E-state index in [1.807, 2.05) is 31.2 Å². The fourth-order valence-corrected chi connectivity index (χ4v) is 3.29. The van der Waals surface area contributed by atoms with Gasteiger partial charge in [0.2, 0.25) is 0 Å². The summed E-state index contributed by atoms with van der Waals surface area (Å²) in [5.74, 6) is 1.18. The van der Waals surface area contributed by atoms with Gasteiger partial charge in [-0.05, 0) is 52.7 Å². The van der Waals surface area contributed by atoms with Gasteiger partial charge in [0.25, 0.3) is 0 Å². The molecule has 0 spiro atoms. The first-order valence-electron chi connectivity index (χ1n) is 6.19. The van der Waals surface area contributed by atoms with Crippen molar-refractivity contribution in [2.75, 3.05) is 12.3 Å². The molecular formula is C15H15BrFNOS. The molecule has 0 aromatic heterocycles. The van der Waals surface area contributed by atoms with Crippen LogP contribution in [-0.4, -0.2) is 6.61 Å². The maximum atomic E-state index is 13.4. The van der Waals surface area contributed by atoms with Gasteiger partial charge < -0.3 is 10.5 Å². The predicted molar refractivity (Wildman–Crippen MR) is 85.7 cm³/mol. The van der Waals surface area contributed by atoms with Gasteiger partial charge in [0, 0.05) is 16.3 Å². The highest BCUT2D eigenvalue weighted by molar-refractivity contribution is 9.10. The van der Waals surface area contributed by atoms with Crippen LogP contribution in [0, 0.1) is 5.82 Å². The minimum Gasteiger partial charge on any atom is -0.494 e. The zero-order valence-electron chi connectivity index (χ0n) is 11.0. The second kappa shape index (κ2) is 6.99. The smallest absolute Gasteiger partial charge is 0.137 e. The minimum atomic E-state index is -0.251. The van der Waals surface area contributed by atoms with E-state index < -0.39 is 0 Å². The summed E-state index contributed by atoms with van der Waals surface area (Å²) in [6.45, 7) is 2.55. The quantitative estimate of drug-likeness (QED) is 0.614. The number of hydrogen-bond acceptors (Lipinski definition) is 3. The van der Waals surface area contributed by atoms with E-state index in [0.29, 0.717) is 22.5 Å². The lowest BCUT2D eigenvalue weighted by Gasteiger charge is -2.10. The van der Waals surface area contributed by atoms with Crippen LogP contribution in [0.2, 0.25) is 0 Å². The fraction of sp³-hybridized carbons (Fsp3) is 0.200. The van der Waals surface area contributed by atoms with Gasteiger partial charge in [0.1, 0.15) is 11.6 Å². The summed E-state index contributed by atoms with van der Waals surface area (Å²) >= 11 is 4.83. The van der Waals surface area contributed by atoms with Gasteiger partial charge in [-0.25, -0.2) is 4.39 Å². The van der Waals surface area contributed by atoms with Crippen molar-refractivity contribution in [3.63, 3.8) is 0 Å². The maximum absolute atomic E-state index is 13.4. The molecule has 2 aromatic carbocycles. The molecular weight excluding hydrogens is 341 g/mol. The first-order chi connectivity index (χ1) is 9.61. The Balaban J connectivity index is 2.14. The molecule has 0 unspecified atom stereocenters. The molecule has 0 radical (unpaired) electrons. The average molecular weight is 356 g/mol. The van der Waals surface area contributed by atoms with Gasteiger partial charge in [-0.3, -0.25) is 0 Å². The summed E-state index contributed by atoms with van der Waals surface area (Å²) in [6.07, 6.45) is 0. The Morgan fingerprint density at radius 2 is 2.10 bits per heavy atom. The molecule has 0 bridgehead atoms. The molecule has 2 nitrogen and oxygen atoms in total. The third-order valence-electron chi connectivity index (χ3n) is 2.71. The second-order valence-electron chi connectivity index (χ2n) is 4.13. The molecule has 2 rings (SSSR count). The highest BCUT2D eigenvalue weighted by atomic mass is 79.9. The molecule has 0 heterocycles. The number of benzene rings is 2. The highest BCUT2D eigenvalue weighted by Gasteiger charge is 2.08. The number of thioether (sulfide) groups is 1. The Morgan fingerprint density at radius 3 is 2.85 bits per heavy atom. The summed E-state index contributed by atoms with van der Waals surface area (Å²) < 4.78 is 19.4. The molecule has 2 aromatic rings. The van der Waals surface area contributed by atoms with Crippen LogP contribution in [0.25, 0.3) is 0 Å². The van der Waals surface area contributed by atoms with E-state index in [9.17, 15) is 4.39 Å². The predicted octanol–water partition coefficient (Wildman–Crippen LogP) is 4.86. The monoisotopic (exact) mass is 355 g/mol. The zero-order valence-corrected chi connectivity index (χ0v) is 13.4. The Bertz CT molecular complexity index is 606. The van der Waals surface area contributed by atoms with Crippen molar-refractivity contribution >= 4 is 33.4 Å². The van der Waals surface area contributed by atoms with E-state index >= 15 is 0 Å². The van der Waals surface area contributed by atoms with Crippen LogP contribution < -0.4 is 10.5 Å². The van der Waals surface area contributed by atoms with E-state index in [4.69, 9.17) is 10.5 Å². The van der Waals surface area contributed by atoms with Crippen LogP contribution in [0.4, 0.5) is 10.1 Å². The van der Waals surface area contributed by atoms with Crippen molar-refractivity contribution in [3.8, 4) is 5.75 Å². The molecule has 0 fully saturated rings. The zero-order chi connectivity index (χ0) is 14.5. The molecule has 0 aliphatic carbocycles. The summed E-state index contributed by atoms with van der Waals surface area (Å²) in [4.78, 5) is 0.937. The van der Waals surface area contributed by atoms with Crippen LogP contribution in [0.15, 0.2) is 45.8 Å². The Labute approximate surface area is 130 Å². The molecule has 0 aliphatic rings. The standard InChI is InChI=1S/C15H15BrFNOS/c1-2-19-11-6-7-13(18)14(8-11)20-9-10-4-3-5-12(17)15(10)16/h3-8H,2,9,18H2,1H3. The lowest BCUT2D eigenvalue weighted by atomic mass is 10.2. The number of anilines is 1. The van der Waals surface area contributed by atoms with E-state index in [1.165, 1.54) is 6.07 Å². The van der Waals surface area contributed by atoms with Crippen molar-refractivity contribution in [3.05, 3.63) is 52.3 Å². The number of ether oxygens (including phenoxy) is 1. The van der Waals surface area contributed by atoms with Crippen LogP contribution in [0.1, 0.15) is 12.5 Å². The molecule has 106 valence electrons. The highest BCUT2D eigenvalue weighted by Crippen LogP contribution is 2.33. The van der Waals surface area contributed by atoms with E-state index in [2.05, 4.69) is 15.9 Å². The van der Waals surface area contributed by atoms with Crippen molar-refractivity contribution in [1.29, 1.82) is 0 Å². The molecule has 2 N–H and O–H groups in total. The van der Waals surface area contributed by atoms with Crippen LogP contribution in [0.5, 0.6) is 5.75 Å². The normalized spacial score (nSPS) is 10.6. The first kappa shape index (κ1) is 15.2. The summed E-state index contributed by atoms with van der Waals surface area (Å²) in [6, 6.07) is 10.6. The number of halogens is 2. The van der Waals surface area contributed by atoms with Crippen LogP contribution in [0.3, 0.4) is 0 Å². The average Bonchev–Trinajstić information content (AvgIpc) is 2.44. The number of nitrogen functional groups attached to an aromatic ring is 1. The summed E-state index contributed by atoms with van der Waals surface area (Å²) in [5.41, 5.74) is 7.55. The maximum Gasteiger partial charge on any atom is 0.137 e. The van der Waals surface area contributed by atoms with E-state index in [1.54, 1.807) is 17.8 Å². The SMILES string of the molecule is CCOc1ccc(N)c(SCc2cccc(F)c2Br)c1. The van der Waals surface area contributed by atoms with Crippen LogP contribution in [-0.2, 0) is 5.75 Å². The number of hydrogen-bond donors (Lipinski definition) is 1. The molecule has 0 atom stereocenters. The third-order valence-corrected chi connectivity index (χ3v) is 4.72. The van der Waals surface area contributed by atoms with Crippen molar-refractivity contribution in [2.45, 2.75) is 17.6 Å². The topological polar surface area (TPSA) is 35.2 Å². The second-order valence-corrected chi connectivity index (χ2v) is 5.94. The first-order valence-corrected chi connectivity index (χ1v) is 7.97. The lowest BCUT2D eigenvalue weighted by molar-refractivity contribution is 0.339. The summed E-state index contributed by atoms with van der Waals surface area (Å²) in [5, 5.41) is 0. The van der Waals surface area contributed by atoms with Crippen molar-refractivity contribution < 1.29 is 9.13 Å². The van der Waals surface area contributed by atoms with Crippen molar-refractivity contribution in [2.24, 2.45) is 0 Å². The third kappa shape index (κ3) is 3.67. The van der Waals surface area contributed by atoms with E-state index in [-0.39, 0.29) is 5.82 Å². The van der Waals surface area contributed by atoms with Gasteiger partial charge >= 0.3 is 0 Å². The fourth-order valence-electron chi connectivity index (χ4n) is 1.71. The van der Waals surface area contributed by atoms with Gasteiger partial charge in [0.05, 0.1) is 11.1 Å². The Morgan fingerprint density at radius 1 is 1.30 bits per heavy atom. The van der Waals surface area contributed by atoms with Crippen molar-refractivity contribution in [1.82, 2.24) is 0 Å². The van der Waals surface area contributed by atoms with Gasteiger partial charge in [-0.2, -0.15) is 0 Å². The Hall–Kier alpha value is -1.20. The van der Waals surface area contributed by atoms with Gasteiger partial charge in [-0.1, -0.05) is 12.1 Å². The largest absolute Gasteiger partial charge is 0.494 e. The Kier molecular flexibility index (Phi) is 5.31. The summed E-state index contributed by atoms with van der Waals surface area (Å²) in [7, 11) is 0. The van der Waals surface area contributed by atoms with Gasteiger partial charge in [-0.15, -0.1) is 11.8 Å². The molecule has 0 saturated carbocycles. The molecule has 20 heavy (non-hydrogen) atoms. The van der Waals surface area contributed by atoms with Gasteiger partial charge in [0.15, 0.2) is 0 Å². The number of rotatable bonds is 5. The van der Waals surface area contributed by atoms with Crippen LogP contribution >= 0.6 is 27.7 Å². The minimum absolute atomic E-state index is 0.251. The molecule has 0 amide bonds.